The van der Waals surface area contributed by atoms with Crippen molar-refractivity contribution in [2.24, 2.45) is 5.73 Å². The van der Waals surface area contributed by atoms with Gasteiger partial charge in [0.2, 0.25) is 0 Å². The Morgan fingerprint density at radius 3 is 2.69 bits per heavy atom. The van der Waals surface area contributed by atoms with E-state index in [-0.39, 0.29) is 17.7 Å². The van der Waals surface area contributed by atoms with Crippen LogP contribution in [-0.2, 0) is 24.2 Å². The molecule has 0 saturated carbocycles. The van der Waals surface area contributed by atoms with E-state index in [9.17, 15) is 19.2 Å². The Bertz CT molecular complexity index is 1040. The third-order valence-corrected chi connectivity index (χ3v) is 4.99. The second-order valence-corrected chi connectivity index (χ2v) is 6.71. The second kappa shape index (κ2) is 8.17. The highest BCUT2D eigenvalue weighted by atomic mass is 16.5. The molecule has 1 aliphatic heterocycles. The number of rotatable bonds is 4. The lowest BCUT2D eigenvalue weighted by molar-refractivity contribution is 0.0599. The van der Waals surface area contributed by atoms with Gasteiger partial charge in [0.05, 0.1) is 19.2 Å². The number of aromatic nitrogens is 1. The number of hydrogen-bond acceptors (Lipinski definition) is 5. The molecular weight excluding hydrogens is 376 g/mol. The highest BCUT2D eigenvalue weighted by Gasteiger charge is 2.22. The zero-order valence-electron chi connectivity index (χ0n) is 16.2. The van der Waals surface area contributed by atoms with Crippen LogP contribution in [0, 0.1) is 0 Å². The van der Waals surface area contributed by atoms with Crippen LogP contribution in [0.15, 0.2) is 35.3 Å². The van der Waals surface area contributed by atoms with Crippen LogP contribution < -0.4 is 16.6 Å². The predicted molar refractivity (Wildman–Crippen MR) is 105 cm³/mol. The van der Waals surface area contributed by atoms with Gasteiger partial charge < -0.3 is 25.3 Å². The minimum atomic E-state index is -0.643. The summed E-state index contributed by atoms with van der Waals surface area (Å²) < 4.78 is 6.07. The monoisotopic (exact) mass is 398 g/mol. The van der Waals surface area contributed by atoms with Crippen molar-refractivity contribution < 1.29 is 19.1 Å². The van der Waals surface area contributed by atoms with Crippen molar-refractivity contribution in [3.05, 3.63) is 68.6 Å². The van der Waals surface area contributed by atoms with E-state index in [2.05, 4.69) is 5.32 Å². The van der Waals surface area contributed by atoms with Crippen molar-refractivity contribution >= 4 is 17.9 Å². The molecule has 1 aromatic carbocycles. The molecule has 0 saturated heterocycles. The van der Waals surface area contributed by atoms with Gasteiger partial charge in [-0.05, 0) is 29.2 Å². The van der Waals surface area contributed by atoms with Crippen LogP contribution in [0.3, 0.4) is 0 Å². The maximum atomic E-state index is 12.8. The van der Waals surface area contributed by atoms with Gasteiger partial charge in [0, 0.05) is 26.3 Å². The summed E-state index contributed by atoms with van der Waals surface area (Å²) in [5.41, 5.74) is 7.70. The predicted octanol–water partition coefficient (Wildman–Crippen LogP) is 0.480. The van der Waals surface area contributed by atoms with Crippen molar-refractivity contribution in [1.29, 1.82) is 0 Å². The normalized spacial score (nSPS) is 12.8. The number of methoxy groups -OCH3 is 1. The zero-order chi connectivity index (χ0) is 21.1. The zero-order valence-corrected chi connectivity index (χ0v) is 16.2. The number of ether oxygens (including phenoxy) is 1. The maximum absolute atomic E-state index is 12.8. The molecule has 3 N–H and O–H groups in total. The van der Waals surface area contributed by atoms with Gasteiger partial charge in [-0.2, -0.15) is 0 Å². The number of pyridine rings is 1. The average molecular weight is 398 g/mol. The number of benzene rings is 1. The highest BCUT2D eigenvalue weighted by Crippen LogP contribution is 2.23. The topological polar surface area (TPSA) is 124 Å². The van der Waals surface area contributed by atoms with Crippen LogP contribution in [0.5, 0.6) is 0 Å². The number of nitrogens with one attached hydrogen (secondary N) is 1. The minimum Gasteiger partial charge on any atom is -0.465 e. The lowest BCUT2D eigenvalue weighted by Gasteiger charge is -2.29. The molecule has 9 nitrogen and oxygen atoms in total. The molecule has 1 aliphatic rings. The molecule has 2 heterocycles. The Hall–Kier alpha value is -3.62. The first-order valence-corrected chi connectivity index (χ1v) is 9.04. The molecule has 0 radical (unpaired) electrons. The van der Waals surface area contributed by atoms with E-state index in [4.69, 9.17) is 10.5 Å². The summed E-state index contributed by atoms with van der Waals surface area (Å²) in [5, 5.41) is 2.41. The quantitative estimate of drug-likeness (QED) is 0.725. The van der Waals surface area contributed by atoms with Crippen LogP contribution in [0.4, 0.5) is 4.79 Å². The van der Waals surface area contributed by atoms with Gasteiger partial charge in [-0.25, -0.2) is 9.59 Å². The van der Waals surface area contributed by atoms with E-state index in [1.807, 2.05) is 18.2 Å². The number of carbonyl (C=O) groups is 3. The summed E-state index contributed by atoms with van der Waals surface area (Å²) in [5.74, 6) is -1.22. The Labute approximate surface area is 167 Å². The van der Waals surface area contributed by atoms with Gasteiger partial charge in [-0.3, -0.25) is 9.59 Å². The van der Waals surface area contributed by atoms with Gasteiger partial charge >= 0.3 is 12.0 Å². The lowest BCUT2D eigenvalue weighted by atomic mass is 9.94. The maximum Gasteiger partial charge on any atom is 0.339 e. The number of nitrogens with two attached hydrogens (primary N) is 1. The van der Waals surface area contributed by atoms with Crippen molar-refractivity contribution in [2.75, 3.05) is 20.7 Å². The fourth-order valence-electron chi connectivity index (χ4n) is 3.49. The summed E-state index contributed by atoms with van der Waals surface area (Å²) in [6.45, 7) is 1.06. The summed E-state index contributed by atoms with van der Waals surface area (Å²) in [7, 11) is 2.64. The Morgan fingerprint density at radius 1 is 1.28 bits per heavy atom. The molecule has 3 rings (SSSR count). The van der Waals surface area contributed by atoms with E-state index in [0.29, 0.717) is 19.5 Å². The summed E-state index contributed by atoms with van der Waals surface area (Å²) in [6, 6.07) is 6.40. The van der Waals surface area contributed by atoms with Crippen molar-refractivity contribution in [3.63, 3.8) is 0 Å². The summed E-state index contributed by atoms with van der Waals surface area (Å²) in [6.07, 6.45) is 1.99. The molecule has 2 aromatic rings. The summed E-state index contributed by atoms with van der Waals surface area (Å²) >= 11 is 0. The van der Waals surface area contributed by atoms with Crippen molar-refractivity contribution in [3.8, 4) is 0 Å². The molecule has 0 aliphatic carbocycles. The lowest BCUT2D eigenvalue weighted by Crippen LogP contribution is -2.40. The average Bonchev–Trinajstić information content (AvgIpc) is 2.73. The number of fused-ring (bicyclic) bond motifs is 1. The number of carbonyl (C=O) groups excluding carboxylic acids is 3. The number of hydrogen-bond donors (Lipinski definition) is 2. The van der Waals surface area contributed by atoms with Gasteiger partial charge in [-0.15, -0.1) is 0 Å². The van der Waals surface area contributed by atoms with E-state index in [0.717, 1.165) is 16.7 Å². The van der Waals surface area contributed by atoms with Gasteiger partial charge in [0.25, 0.3) is 11.5 Å². The second-order valence-electron chi connectivity index (χ2n) is 6.71. The van der Waals surface area contributed by atoms with Gasteiger partial charge in [-0.1, -0.05) is 18.2 Å². The molecule has 1 aromatic heterocycles. The molecule has 9 heteroatoms. The highest BCUT2D eigenvalue weighted by molar-refractivity contribution is 5.97. The third-order valence-electron chi connectivity index (χ3n) is 4.99. The van der Waals surface area contributed by atoms with Crippen LogP contribution in [0.25, 0.3) is 0 Å². The van der Waals surface area contributed by atoms with E-state index in [1.165, 1.54) is 31.0 Å². The molecule has 3 amide bonds. The number of amides is 3. The van der Waals surface area contributed by atoms with Crippen molar-refractivity contribution in [1.82, 2.24) is 14.8 Å². The molecule has 152 valence electrons. The van der Waals surface area contributed by atoms with Crippen LogP contribution in [-0.4, -0.2) is 48.1 Å². The Kier molecular flexibility index (Phi) is 5.67. The standard InChI is InChI=1S/C20H22N4O5/c1-22-17(25)16-8-14(19(27)29-2)11-24(18(16)26)10-13-5-3-4-12-9-23(20(21)28)7-6-15(12)13/h3-5,8,11H,6-7,9-10H2,1-2H3,(H2,21,28)(H,22,25). The summed E-state index contributed by atoms with van der Waals surface area (Å²) in [4.78, 5) is 50.0. The number of esters is 1. The fraction of sp³-hybridized carbons (Fsp3) is 0.300. The fourth-order valence-corrected chi connectivity index (χ4v) is 3.49. The Morgan fingerprint density at radius 2 is 2.03 bits per heavy atom. The number of urea groups is 1. The molecule has 0 fully saturated rings. The largest absolute Gasteiger partial charge is 0.465 e. The first kappa shape index (κ1) is 20.1. The van der Waals surface area contributed by atoms with E-state index < -0.39 is 23.5 Å². The SMILES string of the molecule is CNC(=O)c1cc(C(=O)OC)cn(Cc2cccc3c2CCN(C(N)=O)C3)c1=O. The number of primary amides is 1. The van der Waals surface area contributed by atoms with Crippen LogP contribution in [0.1, 0.15) is 37.4 Å². The van der Waals surface area contributed by atoms with Gasteiger partial charge in [0.15, 0.2) is 0 Å². The number of nitrogens with zero attached hydrogens (tertiary/aromatic N) is 2. The molecule has 0 bridgehead atoms. The minimum absolute atomic E-state index is 0.107. The van der Waals surface area contributed by atoms with Crippen molar-refractivity contribution in [2.45, 2.75) is 19.5 Å². The smallest absolute Gasteiger partial charge is 0.339 e. The van der Waals surface area contributed by atoms with Crippen LogP contribution in [0.2, 0.25) is 0 Å². The van der Waals surface area contributed by atoms with Crippen LogP contribution >= 0.6 is 0 Å². The molecule has 0 spiro atoms. The van der Waals surface area contributed by atoms with E-state index >= 15 is 0 Å². The third kappa shape index (κ3) is 3.98. The Balaban J connectivity index is 2.04. The van der Waals surface area contributed by atoms with E-state index in [1.54, 1.807) is 4.90 Å². The first-order valence-electron chi connectivity index (χ1n) is 9.04. The first-order chi connectivity index (χ1) is 13.8. The van der Waals surface area contributed by atoms with Gasteiger partial charge in [0.1, 0.15) is 5.56 Å². The molecule has 29 heavy (non-hydrogen) atoms. The molecular formula is C20H22N4O5. The molecule has 0 unspecified atom stereocenters. The molecule has 0 atom stereocenters.